The smallest absolute Gasteiger partial charge is 0.480 e. The van der Waals surface area contributed by atoms with Crippen LogP contribution in [0.15, 0.2) is 58.4 Å². The fourth-order valence-corrected chi connectivity index (χ4v) is 6.87. The molecule has 0 radical (unpaired) electrons. The number of aromatic nitrogens is 3. The van der Waals surface area contributed by atoms with Gasteiger partial charge in [0.25, 0.3) is 5.56 Å². The number of rotatable bonds is 11. The van der Waals surface area contributed by atoms with Gasteiger partial charge in [-0.1, -0.05) is 17.4 Å². The zero-order valence-electron chi connectivity index (χ0n) is 24.0. The minimum absolute atomic E-state index is 0.0444. The summed E-state index contributed by atoms with van der Waals surface area (Å²) < 4.78 is 101. The number of ether oxygens (including phenoxy) is 2. The number of fused-ring (bicyclic) bond motifs is 1. The van der Waals surface area contributed by atoms with E-state index in [0.29, 0.717) is 4.70 Å². The number of carboxylic acids is 1. The molecule has 0 saturated carbocycles. The van der Waals surface area contributed by atoms with Crippen molar-refractivity contribution in [3.8, 4) is 11.5 Å². The molecule has 2 aromatic carbocycles. The standard InChI is InChI=1S/C27H22F6N6O7S2/c28-17-9-14(1-6-19(17)45-25(29)30)10-34-23(42)18-12-37(26-36-22-20(47-26)11-35-38(24(22)43)13-21(40)41)7-8-39(18)48(44)16-4-2-15(3-5-16)46-27(31,32)33/h1-6,9,11,18,25H,7-8,10,12-13H2,(H,34,42)(H,40,41)/t18-,48?/m1/s1. The number of carbonyl (C=O) groups is 2. The van der Waals surface area contributed by atoms with Crippen LogP contribution in [0.25, 0.3) is 10.2 Å². The zero-order chi connectivity index (χ0) is 34.7. The molecule has 5 rings (SSSR count). The van der Waals surface area contributed by atoms with E-state index in [-0.39, 0.29) is 47.3 Å². The highest BCUT2D eigenvalue weighted by molar-refractivity contribution is 7.82. The second-order valence-corrected chi connectivity index (χ2v) is 12.4. The first-order valence-electron chi connectivity index (χ1n) is 13.6. The third kappa shape index (κ3) is 8.20. The highest BCUT2D eigenvalue weighted by Crippen LogP contribution is 2.30. The van der Waals surface area contributed by atoms with Crippen LogP contribution in [0, 0.1) is 5.82 Å². The maximum Gasteiger partial charge on any atom is 0.573 e. The van der Waals surface area contributed by atoms with Crippen LogP contribution in [0.3, 0.4) is 0 Å². The molecule has 1 unspecified atom stereocenters. The lowest BCUT2D eigenvalue weighted by molar-refractivity contribution is -0.274. The van der Waals surface area contributed by atoms with Crippen molar-refractivity contribution >= 4 is 49.5 Å². The van der Waals surface area contributed by atoms with Crippen LogP contribution in [0.5, 0.6) is 11.5 Å². The quantitative estimate of drug-likeness (QED) is 0.221. The van der Waals surface area contributed by atoms with Crippen molar-refractivity contribution < 1.29 is 54.7 Å². The first-order chi connectivity index (χ1) is 22.7. The first kappa shape index (κ1) is 34.6. The topological polar surface area (TPSA) is 156 Å². The van der Waals surface area contributed by atoms with E-state index in [2.05, 4.69) is 24.9 Å². The van der Waals surface area contributed by atoms with Crippen molar-refractivity contribution in [1.29, 1.82) is 0 Å². The molecule has 0 aliphatic carbocycles. The van der Waals surface area contributed by atoms with E-state index in [9.17, 15) is 44.9 Å². The Bertz CT molecular complexity index is 1910. The van der Waals surface area contributed by atoms with Crippen molar-refractivity contribution in [2.75, 3.05) is 24.5 Å². The highest BCUT2D eigenvalue weighted by Gasteiger charge is 2.38. The average Bonchev–Trinajstić information content (AvgIpc) is 3.46. The number of thiazole rings is 1. The summed E-state index contributed by atoms with van der Waals surface area (Å²) in [6.45, 7) is -4.30. The molecule has 13 nitrogen and oxygen atoms in total. The Morgan fingerprint density at radius 3 is 2.52 bits per heavy atom. The molecule has 2 aromatic heterocycles. The van der Waals surface area contributed by atoms with E-state index in [1.807, 2.05) is 0 Å². The number of hydrogen-bond acceptors (Lipinski definition) is 10. The van der Waals surface area contributed by atoms with Gasteiger partial charge in [0.1, 0.15) is 29.3 Å². The Hall–Kier alpha value is -4.76. The molecule has 3 heterocycles. The predicted molar refractivity (Wildman–Crippen MR) is 156 cm³/mol. The Labute approximate surface area is 271 Å². The molecule has 0 spiro atoms. The third-order valence-electron chi connectivity index (χ3n) is 6.73. The number of piperazine rings is 1. The van der Waals surface area contributed by atoms with Gasteiger partial charge in [0.2, 0.25) is 5.91 Å². The number of amides is 1. The van der Waals surface area contributed by atoms with Crippen LogP contribution in [0.4, 0.5) is 31.5 Å². The Morgan fingerprint density at radius 2 is 1.88 bits per heavy atom. The van der Waals surface area contributed by atoms with Crippen LogP contribution in [0.1, 0.15) is 5.56 Å². The number of aliphatic carboxylic acids is 1. The summed E-state index contributed by atoms with van der Waals surface area (Å²) in [5, 5.41) is 15.7. The molecule has 2 atom stereocenters. The number of halogens is 6. The summed E-state index contributed by atoms with van der Waals surface area (Å²) in [5.41, 5.74) is -0.623. The van der Waals surface area contributed by atoms with E-state index < -0.39 is 71.3 Å². The number of alkyl halides is 5. The van der Waals surface area contributed by atoms with Crippen LogP contribution >= 0.6 is 11.3 Å². The summed E-state index contributed by atoms with van der Waals surface area (Å²) in [6.07, 6.45) is -3.67. The number of carbonyl (C=O) groups excluding carboxylic acids is 1. The van der Waals surface area contributed by atoms with Gasteiger partial charge in [-0.25, -0.2) is 22.6 Å². The minimum Gasteiger partial charge on any atom is -0.480 e. The first-order valence-corrected chi connectivity index (χ1v) is 15.5. The van der Waals surface area contributed by atoms with Crippen molar-refractivity contribution in [3.05, 3.63) is 70.4 Å². The fourth-order valence-electron chi connectivity index (χ4n) is 4.63. The second-order valence-electron chi connectivity index (χ2n) is 9.94. The van der Waals surface area contributed by atoms with Crippen LogP contribution < -0.4 is 25.2 Å². The number of nitrogens with one attached hydrogen (secondary N) is 1. The summed E-state index contributed by atoms with van der Waals surface area (Å²) in [4.78, 5) is 43.4. The van der Waals surface area contributed by atoms with E-state index in [1.54, 1.807) is 4.90 Å². The Morgan fingerprint density at radius 1 is 1.15 bits per heavy atom. The summed E-state index contributed by atoms with van der Waals surface area (Å²) >= 11 is 1.04. The number of nitrogens with zero attached hydrogens (tertiary/aromatic N) is 5. The molecule has 256 valence electrons. The van der Waals surface area contributed by atoms with Gasteiger partial charge in [0.05, 0.1) is 15.8 Å². The molecule has 1 aliphatic heterocycles. The lowest BCUT2D eigenvalue weighted by Gasteiger charge is -2.39. The average molecular weight is 721 g/mol. The summed E-state index contributed by atoms with van der Waals surface area (Å²) in [5.74, 6) is -4.34. The molecular weight excluding hydrogens is 698 g/mol. The number of hydrogen-bond donors (Lipinski definition) is 2. The van der Waals surface area contributed by atoms with E-state index >= 15 is 0 Å². The van der Waals surface area contributed by atoms with E-state index in [0.717, 1.165) is 52.4 Å². The van der Waals surface area contributed by atoms with Gasteiger partial charge in [-0.2, -0.15) is 13.9 Å². The van der Waals surface area contributed by atoms with Gasteiger partial charge < -0.3 is 24.8 Å². The minimum atomic E-state index is -4.95. The van der Waals surface area contributed by atoms with Crippen molar-refractivity contribution in [2.24, 2.45) is 0 Å². The second kappa shape index (κ2) is 14.2. The molecule has 1 fully saturated rings. The SMILES string of the molecule is O=C(O)Cn1ncc2sc(N3CCN(S(=O)c4ccc(OC(F)(F)F)cc4)[C@@H](C(=O)NCc4ccc(OC(F)F)c(F)c4)C3)nc2c1=O. The normalized spacial score (nSPS) is 16.2. The largest absolute Gasteiger partial charge is 0.573 e. The number of carboxylic acid groups (broad SMARTS) is 1. The molecule has 4 aromatic rings. The molecule has 1 saturated heterocycles. The summed E-state index contributed by atoms with van der Waals surface area (Å²) in [7, 11) is -2.09. The molecule has 1 amide bonds. The van der Waals surface area contributed by atoms with Crippen molar-refractivity contribution in [2.45, 2.75) is 37.0 Å². The van der Waals surface area contributed by atoms with Crippen LogP contribution in [-0.2, 0) is 33.7 Å². The maximum atomic E-state index is 14.2. The van der Waals surface area contributed by atoms with Gasteiger partial charge in [-0.15, -0.1) is 13.2 Å². The van der Waals surface area contributed by atoms with Crippen LogP contribution in [0.2, 0.25) is 0 Å². The summed E-state index contributed by atoms with van der Waals surface area (Å²) in [6, 6.07) is 6.12. The molecule has 21 heteroatoms. The third-order valence-corrected chi connectivity index (χ3v) is 9.32. The lowest BCUT2D eigenvalue weighted by Crippen LogP contribution is -2.59. The number of benzene rings is 2. The number of anilines is 1. The fraction of sp³-hybridized carbons (Fsp3) is 0.296. The van der Waals surface area contributed by atoms with E-state index in [4.69, 9.17) is 5.11 Å². The van der Waals surface area contributed by atoms with Crippen LogP contribution in [-0.4, -0.2) is 78.9 Å². The van der Waals surface area contributed by atoms with Gasteiger partial charge in [-0.3, -0.25) is 14.4 Å². The van der Waals surface area contributed by atoms with Crippen molar-refractivity contribution in [1.82, 2.24) is 24.4 Å². The highest BCUT2D eigenvalue weighted by atomic mass is 32.2. The molecule has 0 bridgehead atoms. The zero-order valence-corrected chi connectivity index (χ0v) is 25.7. The van der Waals surface area contributed by atoms with E-state index in [1.165, 1.54) is 16.6 Å². The van der Waals surface area contributed by atoms with Gasteiger partial charge in [0.15, 0.2) is 22.2 Å². The molecule has 2 N–H and O–H groups in total. The van der Waals surface area contributed by atoms with Gasteiger partial charge >= 0.3 is 18.9 Å². The van der Waals surface area contributed by atoms with Crippen molar-refractivity contribution in [3.63, 3.8) is 0 Å². The predicted octanol–water partition coefficient (Wildman–Crippen LogP) is 3.11. The Balaban J connectivity index is 1.39. The maximum absolute atomic E-state index is 14.2. The molecular formula is C27H22F6N6O7S2. The van der Waals surface area contributed by atoms with Gasteiger partial charge in [-0.05, 0) is 42.0 Å². The Kier molecular flexibility index (Phi) is 10.2. The van der Waals surface area contributed by atoms with Gasteiger partial charge in [0, 0.05) is 26.2 Å². The molecule has 48 heavy (non-hydrogen) atoms. The lowest BCUT2D eigenvalue weighted by atomic mass is 10.1. The molecule has 1 aliphatic rings. The monoisotopic (exact) mass is 720 g/mol.